The van der Waals surface area contributed by atoms with Crippen LogP contribution in [0.25, 0.3) is 0 Å². The maximum Gasteiger partial charge on any atom is 0.243 e. The van der Waals surface area contributed by atoms with Gasteiger partial charge in [0.15, 0.2) is 0 Å². The maximum atomic E-state index is 12.2. The van der Waals surface area contributed by atoms with E-state index in [9.17, 15) is 8.42 Å². The molecule has 0 spiro atoms. The largest absolute Gasteiger partial charge is 0.304 e. The third-order valence-corrected chi connectivity index (χ3v) is 4.99. The molecule has 0 aliphatic carbocycles. The summed E-state index contributed by atoms with van der Waals surface area (Å²) in [5.74, 6) is 0. The van der Waals surface area contributed by atoms with Crippen LogP contribution in [0.4, 0.5) is 0 Å². The third-order valence-electron chi connectivity index (χ3n) is 3.16. The first kappa shape index (κ1) is 13.0. The lowest BCUT2D eigenvalue weighted by Gasteiger charge is -2.41. The van der Waals surface area contributed by atoms with Gasteiger partial charge in [-0.3, -0.25) is 0 Å². The highest BCUT2D eigenvalue weighted by atomic mass is 32.2. The summed E-state index contributed by atoms with van der Waals surface area (Å²) in [6.45, 7) is 1.01. The molecule has 0 amide bonds. The Balaban J connectivity index is 2.20. The summed E-state index contributed by atoms with van der Waals surface area (Å²) in [5.41, 5.74) is 0.362. The molecule has 0 unspecified atom stereocenters. The Morgan fingerprint density at radius 3 is 2.61 bits per heavy atom. The van der Waals surface area contributed by atoms with Gasteiger partial charge in [-0.05, 0) is 32.3 Å². The molecule has 1 saturated heterocycles. The third kappa shape index (κ3) is 2.25. The Labute approximate surface area is 107 Å². The fourth-order valence-corrected chi connectivity index (χ4v) is 3.38. The second-order valence-corrected chi connectivity index (χ2v) is 6.52. The molecular weight excluding hydrogens is 250 g/mol. The highest BCUT2D eigenvalue weighted by Gasteiger charge is 2.37. The summed E-state index contributed by atoms with van der Waals surface area (Å²) in [4.78, 5) is 2.20. The molecule has 0 saturated carbocycles. The van der Waals surface area contributed by atoms with Crippen molar-refractivity contribution in [2.75, 3.05) is 27.2 Å². The molecule has 1 fully saturated rings. The topological polar surface area (TPSA) is 64.4 Å². The minimum Gasteiger partial charge on any atom is -0.304 e. The highest BCUT2D eigenvalue weighted by molar-refractivity contribution is 7.89. The fourth-order valence-electron chi connectivity index (χ4n) is 1.81. The van der Waals surface area contributed by atoms with E-state index in [0.717, 1.165) is 0 Å². The van der Waals surface area contributed by atoms with Gasteiger partial charge >= 0.3 is 0 Å². The Morgan fingerprint density at radius 1 is 1.39 bits per heavy atom. The normalized spacial score (nSPS) is 17.4. The van der Waals surface area contributed by atoms with E-state index in [1.165, 1.54) is 16.4 Å². The molecule has 96 valence electrons. The van der Waals surface area contributed by atoms with Crippen molar-refractivity contribution in [3.8, 4) is 6.07 Å². The smallest absolute Gasteiger partial charge is 0.243 e. The Hall–Kier alpha value is -1.42. The highest BCUT2D eigenvalue weighted by Crippen LogP contribution is 2.23. The van der Waals surface area contributed by atoms with E-state index in [0.29, 0.717) is 18.7 Å². The average Bonchev–Trinajstić information content (AvgIpc) is 2.26. The molecule has 1 heterocycles. The fraction of sp³-hybridized carbons (Fsp3) is 0.417. The van der Waals surface area contributed by atoms with Crippen LogP contribution in [0.2, 0.25) is 0 Å². The second-order valence-electron chi connectivity index (χ2n) is 4.58. The Kier molecular flexibility index (Phi) is 3.39. The van der Waals surface area contributed by atoms with E-state index in [-0.39, 0.29) is 10.9 Å². The lowest BCUT2D eigenvalue weighted by atomic mass is 10.2. The van der Waals surface area contributed by atoms with E-state index in [4.69, 9.17) is 5.26 Å². The molecule has 1 aliphatic heterocycles. The van der Waals surface area contributed by atoms with Crippen molar-refractivity contribution in [2.45, 2.75) is 10.9 Å². The van der Waals surface area contributed by atoms with Crippen LogP contribution >= 0.6 is 0 Å². The molecule has 0 atom stereocenters. The zero-order valence-corrected chi connectivity index (χ0v) is 11.2. The van der Waals surface area contributed by atoms with Crippen molar-refractivity contribution in [1.82, 2.24) is 9.21 Å². The van der Waals surface area contributed by atoms with Gasteiger partial charge in [-0.2, -0.15) is 9.57 Å². The van der Waals surface area contributed by atoms with Gasteiger partial charge in [0, 0.05) is 19.1 Å². The van der Waals surface area contributed by atoms with Crippen molar-refractivity contribution in [3.05, 3.63) is 29.8 Å². The molecule has 5 nitrogen and oxygen atoms in total. The van der Waals surface area contributed by atoms with Crippen LogP contribution in [0.1, 0.15) is 5.56 Å². The molecule has 2 rings (SSSR count). The molecule has 1 aromatic rings. The van der Waals surface area contributed by atoms with Crippen LogP contribution in [0.5, 0.6) is 0 Å². The summed E-state index contributed by atoms with van der Waals surface area (Å²) in [5, 5.41) is 8.79. The van der Waals surface area contributed by atoms with Gasteiger partial charge in [0.05, 0.1) is 16.5 Å². The zero-order valence-electron chi connectivity index (χ0n) is 10.4. The maximum absolute atomic E-state index is 12.2. The number of sulfonamides is 1. The van der Waals surface area contributed by atoms with Crippen LogP contribution < -0.4 is 0 Å². The predicted molar refractivity (Wildman–Crippen MR) is 67.4 cm³/mol. The summed E-state index contributed by atoms with van der Waals surface area (Å²) in [7, 11) is 0.425. The summed E-state index contributed by atoms with van der Waals surface area (Å²) < 4.78 is 25.9. The summed E-state index contributed by atoms with van der Waals surface area (Å²) in [6, 6.07) is 8.36. The predicted octanol–water partition coefficient (Wildman–Crippen LogP) is 0.493. The van der Waals surface area contributed by atoms with E-state index in [1.54, 1.807) is 12.1 Å². The molecule has 0 aromatic heterocycles. The quantitative estimate of drug-likeness (QED) is 0.798. The van der Waals surface area contributed by atoms with E-state index in [1.807, 2.05) is 25.1 Å². The number of hydrogen-bond acceptors (Lipinski definition) is 4. The average molecular weight is 265 g/mol. The van der Waals surface area contributed by atoms with Gasteiger partial charge in [-0.25, -0.2) is 8.42 Å². The van der Waals surface area contributed by atoms with E-state index in [2.05, 4.69) is 0 Å². The van der Waals surface area contributed by atoms with Crippen LogP contribution in [-0.4, -0.2) is 50.8 Å². The molecule has 6 heteroatoms. The van der Waals surface area contributed by atoms with Crippen molar-refractivity contribution in [1.29, 1.82) is 5.26 Å². The van der Waals surface area contributed by atoms with E-state index < -0.39 is 10.0 Å². The number of nitrogens with zero attached hydrogens (tertiary/aromatic N) is 3. The molecule has 0 radical (unpaired) electrons. The summed E-state index contributed by atoms with van der Waals surface area (Å²) in [6.07, 6.45) is 0. The van der Waals surface area contributed by atoms with Crippen LogP contribution in [0, 0.1) is 11.3 Å². The number of rotatable bonds is 3. The zero-order chi connectivity index (χ0) is 13.3. The Bertz CT molecular complexity index is 584. The molecular formula is C12H15N3O2S. The number of benzene rings is 1. The first-order valence-corrected chi connectivity index (χ1v) is 7.06. The molecule has 1 aromatic carbocycles. The monoisotopic (exact) mass is 265 g/mol. The van der Waals surface area contributed by atoms with Crippen LogP contribution in [0.15, 0.2) is 29.2 Å². The van der Waals surface area contributed by atoms with E-state index >= 15 is 0 Å². The van der Waals surface area contributed by atoms with Crippen LogP contribution in [0.3, 0.4) is 0 Å². The summed E-state index contributed by atoms with van der Waals surface area (Å²) >= 11 is 0. The van der Waals surface area contributed by atoms with Crippen molar-refractivity contribution < 1.29 is 8.42 Å². The Morgan fingerprint density at radius 2 is 2.06 bits per heavy atom. The number of hydrogen-bond donors (Lipinski definition) is 0. The minimum atomic E-state index is -3.45. The molecule has 1 aliphatic rings. The van der Waals surface area contributed by atoms with Crippen molar-refractivity contribution in [2.24, 2.45) is 0 Å². The minimum absolute atomic E-state index is 0.193. The lowest BCUT2D eigenvalue weighted by molar-refractivity contribution is 0.134. The van der Waals surface area contributed by atoms with Crippen LogP contribution in [-0.2, 0) is 10.0 Å². The van der Waals surface area contributed by atoms with Gasteiger partial charge in [-0.15, -0.1) is 0 Å². The van der Waals surface area contributed by atoms with Gasteiger partial charge in [0.25, 0.3) is 0 Å². The van der Waals surface area contributed by atoms with Gasteiger partial charge in [0.2, 0.25) is 10.0 Å². The standard InChI is InChI=1S/C12H15N3O2S/c1-14(2)11-8-15(9-11)18(16,17)12-5-3-4-10(6-12)7-13/h3-6,11H,8-9H2,1-2H3. The van der Waals surface area contributed by atoms with Crippen molar-refractivity contribution >= 4 is 10.0 Å². The molecule has 0 bridgehead atoms. The van der Waals surface area contributed by atoms with Gasteiger partial charge in [-0.1, -0.05) is 6.07 Å². The molecule has 0 N–H and O–H groups in total. The lowest BCUT2D eigenvalue weighted by Crippen LogP contribution is -2.58. The second kappa shape index (κ2) is 4.69. The molecule has 18 heavy (non-hydrogen) atoms. The van der Waals surface area contributed by atoms with Gasteiger partial charge in [0.1, 0.15) is 0 Å². The SMILES string of the molecule is CN(C)C1CN(S(=O)(=O)c2cccc(C#N)c2)C1. The first-order chi connectivity index (χ1) is 8.45. The van der Waals surface area contributed by atoms with Crippen molar-refractivity contribution in [3.63, 3.8) is 0 Å². The first-order valence-electron chi connectivity index (χ1n) is 5.62. The number of likely N-dealkylation sites (N-methyl/N-ethyl adjacent to an activating group) is 1. The number of nitriles is 1. The van der Waals surface area contributed by atoms with Gasteiger partial charge < -0.3 is 4.90 Å².